The van der Waals surface area contributed by atoms with Gasteiger partial charge in [-0.05, 0) is 35.9 Å². The molecule has 1 aliphatic heterocycles. The number of hydrogen-bond donors (Lipinski definition) is 1. The SMILES string of the molecule is NCc1ccc(F)c(-c2ccc(N3CC(Cn4ccnn4)OC3=O)cc2F)c1. The van der Waals surface area contributed by atoms with E-state index < -0.39 is 23.8 Å². The molecule has 1 amide bonds. The minimum Gasteiger partial charge on any atom is -0.442 e. The van der Waals surface area contributed by atoms with Crippen molar-refractivity contribution < 1.29 is 18.3 Å². The van der Waals surface area contributed by atoms with E-state index in [1.165, 1.54) is 35.4 Å². The number of ether oxygens (including phenoxy) is 1. The van der Waals surface area contributed by atoms with Crippen LogP contribution in [0.4, 0.5) is 19.3 Å². The van der Waals surface area contributed by atoms with Crippen molar-refractivity contribution in [3.05, 3.63) is 66.0 Å². The number of hydrogen-bond acceptors (Lipinski definition) is 5. The minimum atomic E-state index is -0.641. The Hall–Kier alpha value is -3.33. The monoisotopic (exact) mass is 385 g/mol. The highest BCUT2D eigenvalue weighted by Gasteiger charge is 2.33. The second-order valence-corrected chi connectivity index (χ2v) is 6.42. The van der Waals surface area contributed by atoms with Crippen LogP contribution in [0.1, 0.15) is 5.56 Å². The van der Waals surface area contributed by atoms with Crippen LogP contribution in [-0.2, 0) is 17.8 Å². The average molecular weight is 385 g/mol. The molecule has 28 heavy (non-hydrogen) atoms. The number of benzene rings is 2. The molecule has 3 aromatic rings. The lowest BCUT2D eigenvalue weighted by atomic mass is 10.0. The molecule has 0 radical (unpaired) electrons. The van der Waals surface area contributed by atoms with Gasteiger partial charge in [-0.3, -0.25) is 4.90 Å². The van der Waals surface area contributed by atoms with Gasteiger partial charge in [-0.25, -0.2) is 18.3 Å². The van der Waals surface area contributed by atoms with Gasteiger partial charge in [0.2, 0.25) is 0 Å². The van der Waals surface area contributed by atoms with E-state index in [4.69, 9.17) is 10.5 Å². The zero-order chi connectivity index (χ0) is 19.7. The smallest absolute Gasteiger partial charge is 0.414 e. The molecule has 0 saturated carbocycles. The third-order valence-electron chi connectivity index (χ3n) is 4.56. The van der Waals surface area contributed by atoms with Crippen LogP contribution in [0.5, 0.6) is 0 Å². The fourth-order valence-corrected chi connectivity index (χ4v) is 3.16. The molecule has 1 atom stereocenters. The largest absolute Gasteiger partial charge is 0.442 e. The topological polar surface area (TPSA) is 86.3 Å². The Morgan fingerprint density at radius 2 is 2.00 bits per heavy atom. The van der Waals surface area contributed by atoms with Crippen molar-refractivity contribution in [2.45, 2.75) is 19.2 Å². The molecule has 144 valence electrons. The number of amides is 1. The van der Waals surface area contributed by atoms with Crippen LogP contribution in [0.15, 0.2) is 48.8 Å². The lowest BCUT2D eigenvalue weighted by molar-refractivity contribution is 0.129. The Kier molecular flexibility index (Phi) is 4.74. The Labute approximate surface area is 159 Å². The number of cyclic esters (lactones) is 1. The Morgan fingerprint density at radius 3 is 2.71 bits per heavy atom. The Morgan fingerprint density at radius 1 is 1.14 bits per heavy atom. The number of rotatable bonds is 5. The molecule has 2 N–H and O–H groups in total. The summed E-state index contributed by atoms with van der Waals surface area (Å²) in [6.07, 6.45) is 2.18. The van der Waals surface area contributed by atoms with Crippen LogP contribution in [0.3, 0.4) is 0 Å². The van der Waals surface area contributed by atoms with Gasteiger partial charge in [0, 0.05) is 23.9 Å². The molecule has 0 bridgehead atoms. The number of nitrogens with zero attached hydrogens (tertiary/aromatic N) is 4. The van der Waals surface area contributed by atoms with Crippen molar-refractivity contribution in [1.82, 2.24) is 15.0 Å². The summed E-state index contributed by atoms with van der Waals surface area (Å²) < 4.78 is 35.8. The van der Waals surface area contributed by atoms with Crippen LogP contribution < -0.4 is 10.6 Å². The van der Waals surface area contributed by atoms with E-state index in [1.807, 2.05) is 0 Å². The van der Waals surface area contributed by atoms with Gasteiger partial charge < -0.3 is 10.5 Å². The molecule has 0 spiro atoms. The summed E-state index contributed by atoms with van der Waals surface area (Å²) in [4.78, 5) is 13.5. The first-order valence-electron chi connectivity index (χ1n) is 8.66. The highest BCUT2D eigenvalue weighted by atomic mass is 19.1. The Bertz CT molecular complexity index is 1010. The normalized spacial score (nSPS) is 16.5. The Balaban J connectivity index is 1.57. The summed E-state index contributed by atoms with van der Waals surface area (Å²) in [7, 11) is 0. The van der Waals surface area contributed by atoms with Gasteiger partial charge in [0.1, 0.15) is 17.7 Å². The van der Waals surface area contributed by atoms with E-state index in [0.717, 1.165) is 0 Å². The van der Waals surface area contributed by atoms with Crippen LogP contribution in [0.25, 0.3) is 11.1 Å². The van der Waals surface area contributed by atoms with Gasteiger partial charge in [0.05, 0.1) is 25.0 Å². The summed E-state index contributed by atoms with van der Waals surface area (Å²) in [6.45, 7) is 0.814. The second kappa shape index (κ2) is 7.35. The van der Waals surface area contributed by atoms with E-state index in [-0.39, 0.29) is 24.2 Å². The number of aromatic nitrogens is 3. The zero-order valence-corrected chi connectivity index (χ0v) is 14.8. The molecule has 9 heteroatoms. The molecule has 1 aromatic heterocycles. The van der Waals surface area contributed by atoms with Crippen molar-refractivity contribution in [2.75, 3.05) is 11.4 Å². The maximum atomic E-state index is 14.7. The quantitative estimate of drug-likeness (QED) is 0.730. The van der Waals surface area contributed by atoms with Crippen molar-refractivity contribution in [3.8, 4) is 11.1 Å². The van der Waals surface area contributed by atoms with E-state index in [9.17, 15) is 13.6 Å². The maximum Gasteiger partial charge on any atom is 0.414 e. The van der Waals surface area contributed by atoms with Gasteiger partial charge >= 0.3 is 6.09 Å². The van der Waals surface area contributed by atoms with Crippen LogP contribution in [-0.4, -0.2) is 33.7 Å². The lowest BCUT2D eigenvalue weighted by Crippen LogP contribution is -2.26. The molecular formula is C19H17F2N5O2. The summed E-state index contributed by atoms with van der Waals surface area (Å²) in [6, 6.07) is 8.54. The number of carbonyl (C=O) groups is 1. The summed E-state index contributed by atoms with van der Waals surface area (Å²) in [5.74, 6) is -1.18. The standard InChI is InChI=1S/C19H17F2N5O2/c20-17-4-1-12(9-22)7-16(17)15-3-2-13(8-18(15)21)26-11-14(28-19(26)27)10-25-6-5-23-24-25/h1-8,14H,9-11,22H2. The van der Waals surface area contributed by atoms with Gasteiger partial charge in [-0.15, -0.1) is 5.10 Å². The predicted molar refractivity (Wildman–Crippen MR) is 97.3 cm³/mol. The molecule has 1 fully saturated rings. The first-order valence-corrected chi connectivity index (χ1v) is 8.66. The molecule has 2 aromatic carbocycles. The maximum absolute atomic E-state index is 14.7. The number of nitrogens with two attached hydrogens (primary N) is 1. The van der Waals surface area contributed by atoms with Crippen molar-refractivity contribution in [3.63, 3.8) is 0 Å². The third-order valence-corrected chi connectivity index (χ3v) is 4.56. The molecule has 7 nitrogen and oxygen atoms in total. The molecule has 1 unspecified atom stereocenters. The van der Waals surface area contributed by atoms with E-state index in [2.05, 4.69) is 10.3 Å². The van der Waals surface area contributed by atoms with Gasteiger partial charge in [0.15, 0.2) is 0 Å². The summed E-state index contributed by atoms with van der Waals surface area (Å²) >= 11 is 0. The molecule has 1 aliphatic rings. The molecule has 1 saturated heterocycles. The molecule has 2 heterocycles. The zero-order valence-electron chi connectivity index (χ0n) is 14.8. The van der Waals surface area contributed by atoms with Crippen LogP contribution in [0, 0.1) is 11.6 Å². The van der Waals surface area contributed by atoms with Crippen LogP contribution in [0.2, 0.25) is 0 Å². The number of anilines is 1. The van der Waals surface area contributed by atoms with Gasteiger partial charge in [0.25, 0.3) is 0 Å². The van der Waals surface area contributed by atoms with Crippen molar-refractivity contribution in [1.29, 1.82) is 0 Å². The van der Waals surface area contributed by atoms with Crippen molar-refractivity contribution >= 4 is 11.8 Å². The van der Waals surface area contributed by atoms with Gasteiger partial charge in [-0.2, -0.15) is 0 Å². The minimum absolute atomic E-state index is 0.100. The average Bonchev–Trinajstić information content (AvgIpc) is 3.32. The van der Waals surface area contributed by atoms with Crippen LogP contribution >= 0.6 is 0 Å². The van der Waals surface area contributed by atoms with E-state index >= 15 is 0 Å². The number of halogens is 2. The molecule has 0 aliphatic carbocycles. The highest BCUT2D eigenvalue weighted by Crippen LogP contribution is 2.31. The van der Waals surface area contributed by atoms with E-state index in [0.29, 0.717) is 17.8 Å². The molecular weight excluding hydrogens is 368 g/mol. The first-order chi connectivity index (χ1) is 13.5. The third kappa shape index (κ3) is 3.44. The molecule has 4 rings (SSSR count). The predicted octanol–water partition coefficient (Wildman–Crippen LogP) is 2.71. The van der Waals surface area contributed by atoms with Gasteiger partial charge in [-0.1, -0.05) is 11.3 Å². The highest BCUT2D eigenvalue weighted by molar-refractivity contribution is 5.90. The fourth-order valence-electron chi connectivity index (χ4n) is 3.16. The first kappa shape index (κ1) is 18.1. The second-order valence-electron chi connectivity index (χ2n) is 6.42. The van der Waals surface area contributed by atoms with Crippen molar-refractivity contribution in [2.24, 2.45) is 5.73 Å². The number of carbonyl (C=O) groups excluding carboxylic acids is 1. The fraction of sp³-hybridized carbons (Fsp3) is 0.211. The lowest BCUT2D eigenvalue weighted by Gasteiger charge is -2.15. The van der Waals surface area contributed by atoms with E-state index in [1.54, 1.807) is 23.0 Å². The summed E-state index contributed by atoms with van der Waals surface area (Å²) in [5.41, 5.74) is 6.84. The summed E-state index contributed by atoms with van der Waals surface area (Å²) in [5, 5.41) is 7.54.